The van der Waals surface area contributed by atoms with Gasteiger partial charge in [0.25, 0.3) is 0 Å². The molecule has 9 heteroatoms. The Morgan fingerprint density at radius 1 is 1.43 bits per heavy atom. The Morgan fingerprint density at radius 3 is 2.83 bits per heavy atom. The molecule has 1 aliphatic heterocycles. The zero-order valence-corrected chi connectivity index (χ0v) is 14.3. The van der Waals surface area contributed by atoms with Gasteiger partial charge in [-0.25, -0.2) is 22.6 Å². The molecular formula is C14H16FN3O3S2. The van der Waals surface area contributed by atoms with Crippen molar-refractivity contribution in [3.05, 3.63) is 23.5 Å². The maximum absolute atomic E-state index is 13.5. The molecule has 1 aromatic carbocycles. The van der Waals surface area contributed by atoms with Gasteiger partial charge in [-0.15, -0.1) is 0 Å². The van der Waals surface area contributed by atoms with Crippen LogP contribution in [0.5, 0.6) is 0 Å². The maximum atomic E-state index is 13.5. The highest BCUT2D eigenvalue weighted by molar-refractivity contribution is 7.91. The van der Waals surface area contributed by atoms with Gasteiger partial charge in [0, 0.05) is 6.07 Å². The van der Waals surface area contributed by atoms with Crippen molar-refractivity contribution < 1.29 is 17.6 Å². The van der Waals surface area contributed by atoms with Crippen molar-refractivity contribution in [2.24, 2.45) is 0 Å². The molecule has 2 aromatic rings. The first-order chi connectivity index (χ1) is 10.7. The first-order valence-electron chi connectivity index (χ1n) is 7.02. The smallest absolute Gasteiger partial charge is 0.321 e. The summed E-state index contributed by atoms with van der Waals surface area (Å²) in [6.07, 6.45) is 0.382. The average Bonchev–Trinajstić information content (AvgIpc) is 2.89. The van der Waals surface area contributed by atoms with Crippen LogP contribution in [-0.2, 0) is 9.84 Å². The van der Waals surface area contributed by atoms with Gasteiger partial charge < -0.3 is 5.32 Å². The van der Waals surface area contributed by atoms with Gasteiger partial charge in [0.05, 0.1) is 27.3 Å². The van der Waals surface area contributed by atoms with E-state index in [1.165, 1.54) is 17.4 Å². The molecule has 0 spiro atoms. The number of thiazole rings is 1. The standard InChI is InChI=1S/C14H16FN3O3S2/c1-8-5-11-10(6-9(8)15)16-13(22-11)17-12(19)18-14(2)3-4-23(20,21)7-14/h5-6H,3-4,7H2,1-2H3,(H2,16,17,18,19). The predicted molar refractivity (Wildman–Crippen MR) is 88.1 cm³/mol. The van der Waals surface area contributed by atoms with E-state index >= 15 is 0 Å². The molecule has 23 heavy (non-hydrogen) atoms. The monoisotopic (exact) mass is 357 g/mol. The van der Waals surface area contributed by atoms with Gasteiger partial charge in [0.15, 0.2) is 15.0 Å². The molecule has 1 aliphatic rings. The maximum Gasteiger partial charge on any atom is 0.321 e. The first kappa shape index (κ1) is 16.1. The minimum absolute atomic E-state index is 0.0718. The van der Waals surface area contributed by atoms with Crippen LogP contribution in [-0.4, -0.2) is 36.5 Å². The van der Waals surface area contributed by atoms with Gasteiger partial charge in [-0.2, -0.15) is 0 Å². The zero-order chi connectivity index (χ0) is 16.8. The summed E-state index contributed by atoms with van der Waals surface area (Å²) in [5, 5.41) is 5.62. The third kappa shape index (κ3) is 3.45. The number of rotatable bonds is 2. The highest BCUT2D eigenvalue weighted by atomic mass is 32.2. The summed E-state index contributed by atoms with van der Waals surface area (Å²) < 4.78 is 37.4. The SMILES string of the molecule is Cc1cc2sc(NC(=O)NC3(C)CCS(=O)(=O)C3)nc2cc1F. The fourth-order valence-electron chi connectivity index (χ4n) is 2.62. The fraction of sp³-hybridized carbons (Fsp3) is 0.429. The Kier molecular flexibility index (Phi) is 3.80. The molecule has 1 atom stereocenters. The van der Waals surface area contributed by atoms with Crippen molar-refractivity contribution >= 4 is 42.6 Å². The molecule has 1 unspecified atom stereocenters. The van der Waals surface area contributed by atoms with Crippen LogP contribution in [0.15, 0.2) is 12.1 Å². The van der Waals surface area contributed by atoms with E-state index in [2.05, 4.69) is 15.6 Å². The molecule has 0 radical (unpaired) electrons. The summed E-state index contributed by atoms with van der Waals surface area (Å²) in [5.41, 5.74) is 0.214. The number of benzene rings is 1. The Balaban J connectivity index is 1.73. The molecule has 1 fully saturated rings. The van der Waals surface area contributed by atoms with Crippen molar-refractivity contribution in [2.45, 2.75) is 25.8 Å². The van der Waals surface area contributed by atoms with E-state index in [0.717, 1.165) is 4.70 Å². The third-order valence-electron chi connectivity index (χ3n) is 3.81. The number of amides is 2. The molecule has 0 saturated carbocycles. The molecule has 2 N–H and O–H groups in total. The van der Waals surface area contributed by atoms with Crippen molar-refractivity contribution in [3.8, 4) is 0 Å². The number of hydrogen-bond acceptors (Lipinski definition) is 5. The molecule has 3 rings (SSSR count). The van der Waals surface area contributed by atoms with E-state index in [4.69, 9.17) is 0 Å². The van der Waals surface area contributed by atoms with Crippen LogP contribution in [0.4, 0.5) is 14.3 Å². The second-order valence-electron chi connectivity index (χ2n) is 6.07. The Bertz CT molecular complexity index is 855. The number of halogens is 1. The summed E-state index contributed by atoms with van der Waals surface area (Å²) in [6, 6.07) is 2.49. The molecular weight excluding hydrogens is 341 g/mol. The Hall–Kier alpha value is -1.74. The molecule has 6 nitrogen and oxygen atoms in total. The number of carbonyl (C=O) groups excluding carboxylic acids is 1. The molecule has 2 amide bonds. The predicted octanol–water partition coefficient (Wildman–Crippen LogP) is 2.44. The zero-order valence-electron chi connectivity index (χ0n) is 12.6. The quantitative estimate of drug-likeness (QED) is 0.864. The van der Waals surface area contributed by atoms with Crippen molar-refractivity contribution in [2.75, 3.05) is 16.8 Å². The Labute approximate surface area is 137 Å². The molecule has 2 heterocycles. The van der Waals surface area contributed by atoms with E-state index in [1.54, 1.807) is 19.9 Å². The molecule has 0 aliphatic carbocycles. The van der Waals surface area contributed by atoms with Crippen LogP contribution in [0.2, 0.25) is 0 Å². The lowest BCUT2D eigenvalue weighted by Gasteiger charge is -2.23. The minimum atomic E-state index is -3.10. The van der Waals surface area contributed by atoms with Crippen LogP contribution in [0.1, 0.15) is 18.9 Å². The summed E-state index contributed by atoms with van der Waals surface area (Å²) in [4.78, 5) is 16.2. The number of nitrogens with zero attached hydrogens (tertiary/aromatic N) is 1. The summed E-state index contributed by atoms with van der Waals surface area (Å²) >= 11 is 1.24. The van der Waals surface area contributed by atoms with Crippen LogP contribution in [0.25, 0.3) is 10.2 Å². The van der Waals surface area contributed by atoms with Gasteiger partial charge in [0.2, 0.25) is 0 Å². The van der Waals surface area contributed by atoms with Crippen LogP contribution in [0.3, 0.4) is 0 Å². The normalized spacial score (nSPS) is 23.1. The lowest BCUT2D eigenvalue weighted by Crippen LogP contribution is -2.48. The van der Waals surface area contributed by atoms with E-state index in [-0.39, 0.29) is 17.3 Å². The molecule has 124 valence electrons. The van der Waals surface area contributed by atoms with E-state index in [9.17, 15) is 17.6 Å². The minimum Gasteiger partial charge on any atom is -0.332 e. The number of carbonyl (C=O) groups is 1. The fourth-order valence-corrected chi connectivity index (χ4v) is 5.65. The van der Waals surface area contributed by atoms with Gasteiger partial charge in [-0.3, -0.25) is 5.32 Å². The van der Waals surface area contributed by atoms with Gasteiger partial charge in [0.1, 0.15) is 5.82 Å². The lowest BCUT2D eigenvalue weighted by molar-refractivity contribution is 0.242. The first-order valence-corrected chi connectivity index (χ1v) is 9.66. The Morgan fingerprint density at radius 2 is 2.17 bits per heavy atom. The second kappa shape index (κ2) is 5.41. The topological polar surface area (TPSA) is 88.2 Å². The van der Waals surface area contributed by atoms with Gasteiger partial charge in [-0.05, 0) is 31.9 Å². The number of hydrogen-bond donors (Lipinski definition) is 2. The highest BCUT2D eigenvalue weighted by Gasteiger charge is 2.39. The lowest BCUT2D eigenvalue weighted by atomic mass is 10.0. The van der Waals surface area contributed by atoms with E-state index in [0.29, 0.717) is 22.6 Å². The highest BCUT2D eigenvalue weighted by Crippen LogP contribution is 2.28. The largest absolute Gasteiger partial charge is 0.332 e. The number of urea groups is 1. The molecule has 1 saturated heterocycles. The van der Waals surface area contributed by atoms with Crippen molar-refractivity contribution in [3.63, 3.8) is 0 Å². The summed E-state index contributed by atoms with van der Waals surface area (Å²) in [7, 11) is -3.10. The van der Waals surface area contributed by atoms with Gasteiger partial charge in [-0.1, -0.05) is 11.3 Å². The van der Waals surface area contributed by atoms with Crippen LogP contribution >= 0.6 is 11.3 Å². The van der Waals surface area contributed by atoms with Crippen LogP contribution in [0, 0.1) is 12.7 Å². The van der Waals surface area contributed by atoms with Crippen molar-refractivity contribution in [1.29, 1.82) is 0 Å². The number of anilines is 1. The van der Waals surface area contributed by atoms with Crippen molar-refractivity contribution in [1.82, 2.24) is 10.3 Å². The molecule has 0 bridgehead atoms. The molecule has 1 aromatic heterocycles. The van der Waals surface area contributed by atoms with Gasteiger partial charge >= 0.3 is 6.03 Å². The second-order valence-corrected chi connectivity index (χ2v) is 9.28. The number of sulfone groups is 1. The summed E-state index contributed by atoms with van der Waals surface area (Å²) in [6.45, 7) is 3.36. The van der Waals surface area contributed by atoms with E-state index in [1.807, 2.05) is 0 Å². The summed E-state index contributed by atoms with van der Waals surface area (Å²) in [5.74, 6) is -0.344. The third-order valence-corrected chi connectivity index (χ3v) is 6.64. The number of nitrogens with one attached hydrogen (secondary N) is 2. The number of aromatic nitrogens is 1. The van der Waals surface area contributed by atoms with E-state index < -0.39 is 21.4 Å². The van der Waals surface area contributed by atoms with Crippen LogP contribution < -0.4 is 10.6 Å². The number of aryl methyl sites for hydroxylation is 1. The average molecular weight is 357 g/mol. The number of fused-ring (bicyclic) bond motifs is 1.